The molecule has 0 bridgehead atoms. The van der Waals surface area contributed by atoms with Gasteiger partial charge in [0.15, 0.2) is 8.32 Å². The fourth-order valence-corrected chi connectivity index (χ4v) is 3.07. The highest BCUT2D eigenvalue weighted by Crippen LogP contribution is 2.22. The Labute approximate surface area is 127 Å². The molecule has 1 aromatic heterocycles. The first-order chi connectivity index (χ1) is 10.0. The zero-order valence-electron chi connectivity index (χ0n) is 12.9. The molecule has 1 heterocycles. The Morgan fingerprint density at radius 1 is 1.10 bits per heavy atom. The van der Waals surface area contributed by atoms with Crippen LogP contribution in [-0.2, 0) is 4.43 Å². The predicted molar refractivity (Wildman–Crippen MR) is 90.3 cm³/mol. The Morgan fingerprint density at radius 2 is 1.76 bits per heavy atom. The maximum atomic E-state index is 6.27. The summed E-state index contributed by atoms with van der Waals surface area (Å²) < 4.78 is 6.27. The second-order valence-electron chi connectivity index (χ2n) is 5.90. The number of nitrogens with zero attached hydrogens (tertiary/aromatic N) is 2. The van der Waals surface area contributed by atoms with Crippen molar-refractivity contribution in [2.45, 2.75) is 25.7 Å². The van der Waals surface area contributed by atoms with Crippen molar-refractivity contribution in [3.05, 3.63) is 66.0 Å². The van der Waals surface area contributed by atoms with Crippen molar-refractivity contribution in [1.29, 1.82) is 0 Å². The van der Waals surface area contributed by atoms with Gasteiger partial charge in [-0.25, -0.2) is 0 Å². The van der Waals surface area contributed by atoms with Crippen molar-refractivity contribution in [2.24, 2.45) is 4.99 Å². The molecule has 0 saturated heterocycles. The molecular weight excluding hydrogens is 276 g/mol. The van der Waals surface area contributed by atoms with Crippen LogP contribution in [0.4, 0.5) is 0 Å². The van der Waals surface area contributed by atoms with Gasteiger partial charge < -0.3 is 4.43 Å². The van der Waals surface area contributed by atoms with E-state index < -0.39 is 8.32 Å². The summed E-state index contributed by atoms with van der Waals surface area (Å²) in [5, 5.41) is 0. The topological polar surface area (TPSA) is 34.5 Å². The van der Waals surface area contributed by atoms with Crippen LogP contribution in [0.15, 0.2) is 59.9 Å². The molecule has 4 heteroatoms. The Hall–Kier alpha value is -1.78. The van der Waals surface area contributed by atoms with E-state index in [4.69, 9.17) is 4.43 Å². The smallest absolute Gasteiger partial charge is 0.184 e. The molecule has 21 heavy (non-hydrogen) atoms. The summed E-state index contributed by atoms with van der Waals surface area (Å²) in [5.74, 6) is 0. The van der Waals surface area contributed by atoms with Gasteiger partial charge in [-0.2, -0.15) is 0 Å². The minimum Gasteiger partial charge on any atom is -0.409 e. The monoisotopic (exact) mass is 298 g/mol. The number of pyridine rings is 1. The summed E-state index contributed by atoms with van der Waals surface area (Å²) in [6.07, 6.45) is 5.45. The van der Waals surface area contributed by atoms with Crippen LogP contribution in [0.1, 0.15) is 17.2 Å². The van der Waals surface area contributed by atoms with Crippen molar-refractivity contribution in [3.63, 3.8) is 0 Å². The van der Waals surface area contributed by atoms with E-state index >= 15 is 0 Å². The van der Waals surface area contributed by atoms with Crippen LogP contribution in [0.2, 0.25) is 19.6 Å². The van der Waals surface area contributed by atoms with Crippen LogP contribution >= 0.6 is 0 Å². The molecule has 0 fully saturated rings. The molecule has 0 saturated carbocycles. The lowest BCUT2D eigenvalue weighted by Gasteiger charge is -2.25. The fraction of sp³-hybridized carbons (Fsp3) is 0.294. The van der Waals surface area contributed by atoms with E-state index in [9.17, 15) is 0 Å². The Morgan fingerprint density at radius 3 is 2.38 bits per heavy atom. The van der Waals surface area contributed by atoms with E-state index in [-0.39, 0.29) is 6.10 Å². The van der Waals surface area contributed by atoms with Crippen LogP contribution in [0.25, 0.3) is 0 Å². The van der Waals surface area contributed by atoms with Crippen LogP contribution in [0.5, 0.6) is 0 Å². The summed E-state index contributed by atoms with van der Waals surface area (Å²) in [5.41, 5.74) is 2.25. The predicted octanol–water partition coefficient (Wildman–Crippen LogP) is 4.09. The van der Waals surface area contributed by atoms with Gasteiger partial charge in [-0.3, -0.25) is 9.98 Å². The third-order valence-electron chi connectivity index (χ3n) is 2.88. The Bertz CT molecular complexity index is 564. The number of aromatic nitrogens is 1. The van der Waals surface area contributed by atoms with Crippen molar-refractivity contribution < 1.29 is 4.43 Å². The molecule has 2 aromatic rings. The summed E-state index contributed by atoms with van der Waals surface area (Å²) in [6, 6.07) is 14.2. The van der Waals surface area contributed by atoms with Gasteiger partial charge in [0, 0.05) is 18.6 Å². The van der Waals surface area contributed by atoms with Gasteiger partial charge in [0.05, 0.1) is 12.6 Å². The third-order valence-corrected chi connectivity index (χ3v) is 3.88. The van der Waals surface area contributed by atoms with E-state index in [0.29, 0.717) is 6.54 Å². The molecule has 0 radical (unpaired) electrons. The maximum Gasteiger partial charge on any atom is 0.184 e. The summed E-state index contributed by atoms with van der Waals surface area (Å²) in [6.45, 7) is 7.25. The molecule has 1 unspecified atom stereocenters. The first-order valence-electron chi connectivity index (χ1n) is 7.17. The molecule has 0 N–H and O–H groups in total. The Kier molecular flexibility index (Phi) is 5.42. The van der Waals surface area contributed by atoms with Gasteiger partial charge in [0.25, 0.3) is 0 Å². The van der Waals surface area contributed by atoms with E-state index in [1.807, 2.05) is 36.5 Å². The fourth-order valence-electron chi connectivity index (χ4n) is 2.01. The molecule has 0 aliphatic heterocycles. The molecule has 0 amide bonds. The normalized spacial score (nSPS) is 13.5. The number of benzene rings is 1. The molecule has 0 aliphatic rings. The molecule has 110 valence electrons. The van der Waals surface area contributed by atoms with Crippen LogP contribution in [-0.4, -0.2) is 26.1 Å². The van der Waals surface area contributed by atoms with Crippen LogP contribution in [0, 0.1) is 0 Å². The zero-order chi connectivity index (χ0) is 15.1. The quantitative estimate of drug-likeness (QED) is 0.594. The van der Waals surface area contributed by atoms with E-state index in [1.54, 1.807) is 12.4 Å². The molecular formula is C17H22N2OSi. The number of rotatable bonds is 6. The summed E-state index contributed by atoms with van der Waals surface area (Å²) in [4.78, 5) is 8.55. The second-order valence-corrected chi connectivity index (χ2v) is 10.4. The van der Waals surface area contributed by atoms with Gasteiger partial charge in [0.2, 0.25) is 0 Å². The van der Waals surface area contributed by atoms with E-state index in [1.165, 1.54) is 5.56 Å². The first kappa shape index (κ1) is 15.6. The van der Waals surface area contributed by atoms with Crippen molar-refractivity contribution in [1.82, 2.24) is 4.98 Å². The molecule has 1 aromatic carbocycles. The standard InChI is InChI=1S/C17H22N2OSi/c1-21(2,3)20-17(16-7-5-4-6-8-16)14-19-13-15-9-11-18-12-10-15/h4-13,17H,14H2,1-3H3. The van der Waals surface area contributed by atoms with Crippen LogP contribution in [0.3, 0.4) is 0 Å². The number of hydrogen-bond donors (Lipinski definition) is 0. The summed E-state index contributed by atoms with van der Waals surface area (Å²) in [7, 11) is -1.62. The van der Waals surface area contributed by atoms with Crippen LogP contribution < -0.4 is 0 Å². The van der Waals surface area contributed by atoms with Gasteiger partial charge in [-0.15, -0.1) is 0 Å². The molecule has 2 rings (SSSR count). The molecule has 1 atom stereocenters. The highest BCUT2D eigenvalue weighted by Gasteiger charge is 2.21. The van der Waals surface area contributed by atoms with Gasteiger partial charge in [-0.05, 0) is 42.9 Å². The average Bonchev–Trinajstić information content (AvgIpc) is 2.47. The molecule has 0 aliphatic carbocycles. The lowest BCUT2D eigenvalue weighted by molar-refractivity contribution is 0.207. The van der Waals surface area contributed by atoms with Gasteiger partial charge in [0.1, 0.15) is 0 Å². The minimum atomic E-state index is -1.62. The third kappa shape index (κ3) is 5.61. The Balaban J connectivity index is 2.08. The minimum absolute atomic E-state index is 0.0240. The summed E-state index contributed by atoms with van der Waals surface area (Å²) >= 11 is 0. The average molecular weight is 298 g/mol. The molecule has 3 nitrogen and oxygen atoms in total. The number of aliphatic imine (C=N–C) groups is 1. The van der Waals surface area contributed by atoms with E-state index in [0.717, 1.165) is 5.56 Å². The highest BCUT2D eigenvalue weighted by molar-refractivity contribution is 6.69. The van der Waals surface area contributed by atoms with Gasteiger partial charge >= 0.3 is 0 Å². The van der Waals surface area contributed by atoms with Crippen molar-refractivity contribution in [2.75, 3.05) is 6.54 Å². The van der Waals surface area contributed by atoms with E-state index in [2.05, 4.69) is 41.8 Å². The van der Waals surface area contributed by atoms with Crippen molar-refractivity contribution in [3.8, 4) is 0 Å². The van der Waals surface area contributed by atoms with Crippen molar-refractivity contribution >= 4 is 14.5 Å². The second kappa shape index (κ2) is 7.29. The lowest BCUT2D eigenvalue weighted by Crippen LogP contribution is -2.29. The zero-order valence-corrected chi connectivity index (χ0v) is 13.9. The SMILES string of the molecule is C[Si](C)(C)OC(CN=Cc1ccncc1)c1ccccc1. The first-order valence-corrected chi connectivity index (χ1v) is 10.6. The molecule has 0 spiro atoms. The maximum absolute atomic E-state index is 6.27. The highest BCUT2D eigenvalue weighted by atomic mass is 28.4. The largest absolute Gasteiger partial charge is 0.409 e. The van der Waals surface area contributed by atoms with Gasteiger partial charge in [-0.1, -0.05) is 30.3 Å². The lowest BCUT2D eigenvalue weighted by atomic mass is 10.1. The number of hydrogen-bond acceptors (Lipinski definition) is 3.